The Morgan fingerprint density at radius 3 is 2.24 bits per heavy atom. The van der Waals surface area contributed by atoms with Crippen molar-refractivity contribution in [3.63, 3.8) is 0 Å². The number of aromatic hydroxyl groups is 1. The standard InChI is InChI=1S/C39H47N7O7.ClH/c1-43-20-22-45(23-21-43)25-33(47)44(2)29-16-14-28(15-17-29)41-35(26-10-6-5-7-11-26)34-30-18-13-27(37(49)52-3)24-32(30)46(36(34)48)39(51)42-31(38(50)53-4)12-8-9-19-40;/h5-7,10-11,13-18,24,31,48H,8-9,12,19-23,25,40H2,1-4H3,(H,42,51);1H. The van der Waals surface area contributed by atoms with Crippen molar-refractivity contribution in [2.24, 2.45) is 10.7 Å². The van der Waals surface area contributed by atoms with Crippen LogP contribution in [0.4, 0.5) is 16.2 Å². The van der Waals surface area contributed by atoms with Crippen molar-refractivity contribution in [2.45, 2.75) is 25.3 Å². The molecule has 4 N–H and O–H groups in total. The van der Waals surface area contributed by atoms with Crippen molar-refractivity contribution in [3.05, 3.63) is 89.5 Å². The summed E-state index contributed by atoms with van der Waals surface area (Å²) in [6.45, 7) is 4.25. The third-order valence-corrected chi connectivity index (χ3v) is 9.39. The van der Waals surface area contributed by atoms with E-state index in [0.29, 0.717) is 54.0 Å². The summed E-state index contributed by atoms with van der Waals surface area (Å²) in [5.74, 6) is -1.77. The maximum atomic E-state index is 14.0. The molecule has 1 unspecified atom stereocenters. The SMILES string of the molecule is COC(=O)c1ccc2c(C(=Nc3ccc(N(C)C(=O)CN4CCN(C)CC4)cc3)c3ccccc3)c(O)n(C(=O)NC(CCCCN)C(=O)OC)c2c1.Cl. The highest BCUT2D eigenvalue weighted by Crippen LogP contribution is 2.36. The summed E-state index contributed by atoms with van der Waals surface area (Å²) in [7, 11) is 6.30. The van der Waals surface area contributed by atoms with Crippen LogP contribution < -0.4 is 16.0 Å². The number of nitrogens with two attached hydrogens (primary N) is 1. The van der Waals surface area contributed by atoms with Gasteiger partial charge in [0.2, 0.25) is 11.8 Å². The maximum absolute atomic E-state index is 14.0. The summed E-state index contributed by atoms with van der Waals surface area (Å²) < 4.78 is 10.9. The number of amides is 2. The number of aliphatic imine (C=N–C) groups is 1. The number of anilines is 1. The summed E-state index contributed by atoms with van der Waals surface area (Å²) in [5, 5.41) is 15.1. The van der Waals surface area contributed by atoms with E-state index < -0.39 is 29.9 Å². The van der Waals surface area contributed by atoms with E-state index >= 15 is 0 Å². The van der Waals surface area contributed by atoms with Crippen molar-refractivity contribution < 1.29 is 33.8 Å². The van der Waals surface area contributed by atoms with Gasteiger partial charge in [0.15, 0.2) is 0 Å². The van der Waals surface area contributed by atoms with Crippen LogP contribution in [-0.2, 0) is 19.1 Å². The minimum absolute atomic E-state index is 0. The molecule has 2 amide bonds. The predicted molar refractivity (Wildman–Crippen MR) is 210 cm³/mol. The number of rotatable bonds is 13. The van der Waals surface area contributed by atoms with E-state index in [-0.39, 0.29) is 41.4 Å². The van der Waals surface area contributed by atoms with Gasteiger partial charge in [0.1, 0.15) is 6.04 Å². The fourth-order valence-corrected chi connectivity index (χ4v) is 6.24. The lowest BCUT2D eigenvalue weighted by Gasteiger charge is -2.32. The molecule has 5 rings (SSSR count). The van der Waals surface area contributed by atoms with E-state index in [2.05, 4.69) is 22.2 Å². The molecule has 0 bridgehead atoms. The fraction of sp³-hybridized carbons (Fsp3) is 0.359. The first-order valence-corrected chi connectivity index (χ1v) is 17.5. The number of hydrogen-bond donors (Lipinski definition) is 3. The van der Waals surface area contributed by atoms with E-state index in [4.69, 9.17) is 20.2 Å². The Labute approximate surface area is 320 Å². The van der Waals surface area contributed by atoms with Crippen LogP contribution in [-0.4, -0.2) is 123 Å². The highest BCUT2D eigenvalue weighted by molar-refractivity contribution is 6.23. The van der Waals surface area contributed by atoms with Crippen LogP contribution in [0.5, 0.6) is 5.88 Å². The average molecular weight is 762 g/mol. The van der Waals surface area contributed by atoms with E-state index in [1.165, 1.54) is 26.4 Å². The Hall–Kier alpha value is -5.28. The molecule has 288 valence electrons. The minimum atomic E-state index is -1.02. The van der Waals surface area contributed by atoms with Gasteiger partial charge in [-0.3, -0.25) is 9.69 Å². The topological polar surface area (TPSA) is 172 Å². The van der Waals surface area contributed by atoms with E-state index in [9.17, 15) is 24.3 Å². The van der Waals surface area contributed by atoms with Crippen LogP contribution in [0, 0.1) is 0 Å². The minimum Gasteiger partial charge on any atom is -0.494 e. The molecule has 1 saturated heterocycles. The largest absolute Gasteiger partial charge is 0.494 e. The number of carbonyl (C=O) groups excluding carboxylic acids is 4. The number of aromatic nitrogens is 1. The van der Waals surface area contributed by atoms with Crippen molar-refractivity contribution in [3.8, 4) is 5.88 Å². The van der Waals surface area contributed by atoms with Crippen LogP contribution in [0.2, 0.25) is 0 Å². The molecule has 1 aliphatic rings. The summed E-state index contributed by atoms with van der Waals surface area (Å²) in [6.07, 6.45) is 1.45. The van der Waals surface area contributed by atoms with Gasteiger partial charge in [-0.15, -0.1) is 12.4 Å². The Kier molecular flexibility index (Phi) is 14.7. The quantitative estimate of drug-likeness (QED) is 0.102. The third-order valence-electron chi connectivity index (χ3n) is 9.39. The van der Waals surface area contributed by atoms with Gasteiger partial charge in [0.05, 0.1) is 48.8 Å². The van der Waals surface area contributed by atoms with Crippen molar-refractivity contribution in [1.82, 2.24) is 19.7 Å². The van der Waals surface area contributed by atoms with Crippen LogP contribution >= 0.6 is 12.4 Å². The fourth-order valence-electron chi connectivity index (χ4n) is 6.24. The summed E-state index contributed by atoms with van der Waals surface area (Å²) in [5.41, 5.74) is 8.38. The number of carbonyl (C=O) groups is 4. The first-order chi connectivity index (χ1) is 25.6. The Morgan fingerprint density at radius 2 is 1.61 bits per heavy atom. The molecule has 0 radical (unpaired) electrons. The van der Waals surface area contributed by atoms with Crippen LogP contribution in [0.25, 0.3) is 10.9 Å². The Bertz CT molecular complexity index is 1960. The smallest absolute Gasteiger partial charge is 0.337 e. The number of piperazine rings is 1. The Morgan fingerprint density at radius 1 is 0.926 bits per heavy atom. The van der Waals surface area contributed by atoms with E-state index in [1.807, 2.05) is 30.3 Å². The number of benzene rings is 3. The van der Waals surface area contributed by atoms with Crippen molar-refractivity contribution in [1.29, 1.82) is 0 Å². The van der Waals surface area contributed by atoms with Gasteiger partial charge in [-0.25, -0.2) is 23.9 Å². The molecule has 14 nitrogen and oxygen atoms in total. The van der Waals surface area contributed by atoms with Gasteiger partial charge in [-0.1, -0.05) is 36.4 Å². The second kappa shape index (κ2) is 19.2. The van der Waals surface area contributed by atoms with Gasteiger partial charge in [-0.2, -0.15) is 0 Å². The normalized spacial score (nSPS) is 14.2. The summed E-state index contributed by atoms with van der Waals surface area (Å²) in [6, 6.07) is 19.1. The van der Waals surface area contributed by atoms with Crippen LogP contribution in [0.15, 0.2) is 77.8 Å². The van der Waals surface area contributed by atoms with Gasteiger partial charge in [0.25, 0.3) is 0 Å². The Balaban J connectivity index is 0.00000650. The zero-order valence-electron chi connectivity index (χ0n) is 31.0. The van der Waals surface area contributed by atoms with Gasteiger partial charge < -0.3 is 35.4 Å². The molecule has 0 saturated carbocycles. The molecule has 4 aromatic rings. The van der Waals surface area contributed by atoms with Gasteiger partial charge >= 0.3 is 18.0 Å². The van der Waals surface area contributed by atoms with Gasteiger partial charge in [0, 0.05) is 49.9 Å². The molecule has 1 atom stereocenters. The number of halogens is 1. The van der Waals surface area contributed by atoms with Crippen molar-refractivity contribution >= 4 is 64.3 Å². The highest BCUT2D eigenvalue weighted by Gasteiger charge is 2.29. The lowest BCUT2D eigenvalue weighted by molar-refractivity contribution is -0.143. The molecule has 15 heteroatoms. The molecule has 1 fully saturated rings. The second-order valence-corrected chi connectivity index (χ2v) is 12.9. The van der Waals surface area contributed by atoms with E-state index in [1.54, 1.807) is 42.3 Å². The van der Waals surface area contributed by atoms with Crippen LogP contribution in [0.3, 0.4) is 0 Å². The monoisotopic (exact) mass is 761 g/mol. The first-order valence-electron chi connectivity index (χ1n) is 17.5. The van der Waals surface area contributed by atoms with Gasteiger partial charge in [-0.05, 0) is 69.3 Å². The number of likely N-dealkylation sites (N-methyl/N-ethyl adjacent to an activating group) is 2. The second-order valence-electron chi connectivity index (χ2n) is 12.9. The third kappa shape index (κ3) is 9.63. The number of methoxy groups -OCH3 is 2. The number of hydrogen-bond acceptors (Lipinski definition) is 11. The number of esters is 2. The zero-order chi connectivity index (χ0) is 38.1. The molecule has 2 heterocycles. The predicted octanol–water partition coefficient (Wildman–Crippen LogP) is 4.16. The van der Waals surface area contributed by atoms with E-state index in [0.717, 1.165) is 30.7 Å². The molecule has 3 aromatic carbocycles. The lowest BCUT2D eigenvalue weighted by atomic mass is 10.00. The molecular formula is C39H48ClN7O7. The number of ether oxygens (including phenoxy) is 2. The number of nitrogens with one attached hydrogen (secondary N) is 1. The molecule has 1 aliphatic heterocycles. The number of nitrogens with zero attached hydrogens (tertiary/aromatic N) is 5. The average Bonchev–Trinajstić information content (AvgIpc) is 3.47. The lowest BCUT2D eigenvalue weighted by Crippen LogP contribution is -2.48. The zero-order valence-corrected chi connectivity index (χ0v) is 31.8. The first kappa shape index (κ1) is 41.5. The summed E-state index contributed by atoms with van der Waals surface area (Å²) >= 11 is 0. The molecule has 0 spiro atoms. The molecule has 0 aliphatic carbocycles. The van der Waals surface area contributed by atoms with Crippen molar-refractivity contribution in [2.75, 3.05) is 72.5 Å². The molecular weight excluding hydrogens is 714 g/mol. The highest BCUT2D eigenvalue weighted by atomic mass is 35.5. The maximum Gasteiger partial charge on any atom is 0.337 e. The molecule has 54 heavy (non-hydrogen) atoms. The van der Waals surface area contributed by atoms with Crippen LogP contribution in [0.1, 0.15) is 40.7 Å². The summed E-state index contributed by atoms with van der Waals surface area (Å²) in [4.78, 5) is 63.4. The number of fused-ring (bicyclic) bond motifs is 1. The number of unbranched alkanes of at least 4 members (excludes halogenated alkanes) is 1. The molecule has 1 aromatic heterocycles.